The van der Waals surface area contributed by atoms with E-state index in [1.165, 1.54) is 12.4 Å². The average molecular weight is 399 g/mol. The molecular formula is C19H16F3N7. The number of aromatic nitrogens is 5. The third-order valence-corrected chi connectivity index (χ3v) is 4.18. The number of halogens is 3. The molecule has 1 aromatic carbocycles. The smallest absolute Gasteiger partial charge is 0.368 e. The molecule has 0 aliphatic carbocycles. The first-order valence-corrected chi connectivity index (χ1v) is 8.77. The van der Waals surface area contributed by atoms with Crippen LogP contribution in [-0.2, 0) is 6.18 Å². The standard InChI is InChI=1S/C19H16F3N7/c20-19(21,22)13-6-7-16(25-10-13)23-8-9-24-17-15-11-28-29(18(15)27-12-26-17)14-4-2-1-3-5-14/h1-7,10-12H,8-9H2,(H,23,25)(H,24,26,27). The van der Waals surface area contributed by atoms with Gasteiger partial charge in [-0.3, -0.25) is 0 Å². The first-order chi connectivity index (χ1) is 14.0. The minimum atomic E-state index is -4.39. The Bertz CT molecular complexity index is 1090. The lowest BCUT2D eigenvalue weighted by molar-refractivity contribution is -0.137. The maximum atomic E-state index is 12.6. The molecule has 10 heteroatoms. The zero-order valence-corrected chi connectivity index (χ0v) is 15.1. The lowest BCUT2D eigenvalue weighted by Crippen LogP contribution is -2.15. The number of alkyl halides is 3. The Morgan fingerprint density at radius 1 is 0.862 bits per heavy atom. The van der Waals surface area contributed by atoms with E-state index in [1.807, 2.05) is 30.3 Å². The quantitative estimate of drug-likeness (QED) is 0.481. The molecule has 3 aromatic heterocycles. The van der Waals surface area contributed by atoms with Crippen molar-refractivity contribution >= 4 is 22.7 Å². The van der Waals surface area contributed by atoms with Crippen molar-refractivity contribution in [2.75, 3.05) is 23.7 Å². The molecular weight excluding hydrogens is 383 g/mol. The molecule has 148 valence electrons. The van der Waals surface area contributed by atoms with Crippen molar-refractivity contribution in [2.45, 2.75) is 6.18 Å². The summed E-state index contributed by atoms with van der Waals surface area (Å²) in [6.45, 7) is 0.919. The summed E-state index contributed by atoms with van der Waals surface area (Å²) in [6.07, 6.45) is -0.441. The number of anilines is 2. The van der Waals surface area contributed by atoms with Crippen molar-refractivity contribution in [1.29, 1.82) is 0 Å². The van der Waals surface area contributed by atoms with Gasteiger partial charge in [0, 0.05) is 19.3 Å². The fraction of sp³-hybridized carbons (Fsp3) is 0.158. The molecule has 0 saturated carbocycles. The summed E-state index contributed by atoms with van der Waals surface area (Å²) in [5.41, 5.74) is 0.785. The second-order valence-electron chi connectivity index (χ2n) is 6.13. The monoisotopic (exact) mass is 399 g/mol. The van der Waals surface area contributed by atoms with Crippen molar-refractivity contribution in [3.8, 4) is 5.69 Å². The largest absolute Gasteiger partial charge is 0.417 e. The molecule has 2 N–H and O–H groups in total. The summed E-state index contributed by atoms with van der Waals surface area (Å²) in [7, 11) is 0. The Morgan fingerprint density at radius 3 is 2.38 bits per heavy atom. The van der Waals surface area contributed by atoms with Crippen LogP contribution in [0.15, 0.2) is 61.2 Å². The first-order valence-electron chi connectivity index (χ1n) is 8.77. The third kappa shape index (κ3) is 4.10. The van der Waals surface area contributed by atoms with Gasteiger partial charge in [-0.25, -0.2) is 19.6 Å². The SMILES string of the molecule is FC(F)(F)c1ccc(NCCNc2ncnc3c2cnn3-c2ccccc2)nc1. The summed E-state index contributed by atoms with van der Waals surface area (Å²) >= 11 is 0. The molecule has 29 heavy (non-hydrogen) atoms. The van der Waals surface area contributed by atoms with Crippen molar-refractivity contribution < 1.29 is 13.2 Å². The van der Waals surface area contributed by atoms with Gasteiger partial charge in [-0.05, 0) is 24.3 Å². The zero-order chi connectivity index (χ0) is 20.3. The third-order valence-electron chi connectivity index (χ3n) is 4.18. The number of rotatable bonds is 6. The van der Waals surface area contributed by atoms with Crippen LogP contribution >= 0.6 is 0 Å². The number of benzene rings is 1. The highest BCUT2D eigenvalue weighted by Crippen LogP contribution is 2.28. The van der Waals surface area contributed by atoms with Crippen LogP contribution in [0.5, 0.6) is 0 Å². The van der Waals surface area contributed by atoms with E-state index in [-0.39, 0.29) is 0 Å². The van der Waals surface area contributed by atoms with Gasteiger partial charge in [0.15, 0.2) is 5.65 Å². The maximum absolute atomic E-state index is 12.6. The van der Waals surface area contributed by atoms with Crippen LogP contribution in [0.3, 0.4) is 0 Å². The van der Waals surface area contributed by atoms with Gasteiger partial charge in [0.05, 0.1) is 22.8 Å². The van der Waals surface area contributed by atoms with Crippen LogP contribution in [0.4, 0.5) is 24.8 Å². The predicted molar refractivity (Wildman–Crippen MR) is 103 cm³/mol. The summed E-state index contributed by atoms with van der Waals surface area (Å²) < 4.78 is 39.4. The van der Waals surface area contributed by atoms with Crippen LogP contribution < -0.4 is 10.6 Å². The van der Waals surface area contributed by atoms with E-state index >= 15 is 0 Å². The fourth-order valence-electron chi connectivity index (χ4n) is 2.78. The molecule has 0 atom stereocenters. The highest BCUT2D eigenvalue weighted by molar-refractivity contribution is 5.87. The number of nitrogens with zero attached hydrogens (tertiary/aromatic N) is 5. The van der Waals surface area contributed by atoms with Gasteiger partial charge in [0.1, 0.15) is 18.0 Å². The van der Waals surface area contributed by atoms with Gasteiger partial charge in [-0.1, -0.05) is 18.2 Å². The number of hydrogen-bond acceptors (Lipinski definition) is 6. The number of pyridine rings is 1. The van der Waals surface area contributed by atoms with Crippen LogP contribution in [-0.4, -0.2) is 37.8 Å². The molecule has 0 fully saturated rings. The van der Waals surface area contributed by atoms with Gasteiger partial charge in [0.25, 0.3) is 0 Å². The summed E-state index contributed by atoms with van der Waals surface area (Å²) in [4.78, 5) is 12.3. The molecule has 4 aromatic rings. The van der Waals surface area contributed by atoms with E-state index in [9.17, 15) is 13.2 Å². The molecule has 0 aliphatic heterocycles. The van der Waals surface area contributed by atoms with Crippen LogP contribution in [0.1, 0.15) is 5.56 Å². The van der Waals surface area contributed by atoms with Gasteiger partial charge < -0.3 is 10.6 Å². The molecule has 0 radical (unpaired) electrons. The van der Waals surface area contributed by atoms with Crippen molar-refractivity contribution in [2.24, 2.45) is 0 Å². The predicted octanol–water partition coefficient (Wildman–Crippen LogP) is 3.75. The second kappa shape index (κ2) is 7.74. The van der Waals surface area contributed by atoms with E-state index < -0.39 is 11.7 Å². The van der Waals surface area contributed by atoms with E-state index in [0.29, 0.717) is 30.4 Å². The second-order valence-corrected chi connectivity index (χ2v) is 6.13. The lowest BCUT2D eigenvalue weighted by atomic mass is 10.3. The van der Waals surface area contributed by atoms with Gasteiger partial charge in [-0.2, -0.15) is 18.3 Å². The van der Waals surface area contributed by atoms with Gasteiger partial charge in [0.2, 0.25) is 0 Å². The van der Waals surface area contributed by atoms with E-state index in [4.69, 9.17) is 0 Å². The Kier molecular flexibility index (Phi) is 4.98. The molecule has 0 spiro atoms. The van der Waals surface area contributed by atoms with Crippen molar-refractivity contribution in [1.82, 2.24) is 24.7 Å². The van der Waals surface area contributed by atoms with E-state index in [1.54, 1.807) is 10.9 Å². The van der Waals surface area contributed by atoms with Gasteiger partial charge >= 0.3 is 6.18 Å². The summed E-state index contributed by atoms with van der Waals surface area (Å²) in [5.74, 6) is 0.990. The van der Waals surface area contributed by atoms with Crippen LogP contribution in [0, 0.1) is 0 Å². The Labute approximate surface area is 163 Å². The van der Waals surface area contributed by atoms with Crippen molar-refractivity contribution in [3.63, 3.8) is 0 Å². The minimum Gasteiger partial charge on any atom is -0.368 e. The number of nitrogens with one attached hydrogen (secondary N) is 2. The van der Waals surface area contributed by atoms with E-state index in [2.05, 4.69) is 30.7 Å². The maximum Gasteiger partial charge on any atom is 0.417 e. The summed E-state index contributed by atoms with van der Waals surface area (Å²) in [5, 5.41) is 11.3. The molecule has 0 amide bonds. The molecule has 0 unspecified atom stereocenters. The molecule has 0 bridgehead atoms. The number of hydrogen-bond donors (Lipinski definition) is 2. The number of fused-ring (bicyclic) bond motifs is 1. The molecule has 3 heterocycles. The highest BCUT2D eigenvalue weighted by atomic mass is 19.4. The molecule has 0 aliphatic rings. The minimum absolute atomic E-state index is 0.365. The average Bonchev–Trinajstić information content (AvgIpc) is 3.16. The van der Waals surface area contributed by atoms with Crippen LogP contribution in [0.25, 0.3) is 16.7 Å². The van der Waals surface area contributed by atoms with Crippen LogP contribution in [0.2, 0.25) is 0 Å². The normalized spacial score (nSPS) is 11.6. The Morgan fingerprint density at radius 2 is 1.66 bits per heavy atom. The van der Waals surface area contributed by atoms with Gasteiger partial charge in [-0.15, -0.1) is 0 Å². The Balaban J connectivity index is 1.40. The Hall–Kier alpha value is -3.69. The van der Waals surface area contributed by atoms with E-state index in [0.717, 1.165) is 23.3 Å². The first kappa shape index (κ1) is 18.7. The number of para-hydroxylation sites is 1. The molecule has 4 rings (SSSR count). The highest BCUT2D eigenvalue weighted by Gasteiger charge is 2.30. The molecule has 0 saturated heterocycles. The topological polar surface area (TPSA) is 80.5 Å². The fourth-order valence-corrected chi connectivity index (χ4v) is 2.78. The summed E-state index contributed by atoms with van der Waals surface area (Å²) in [6, 6.07) is 11.9. The molecule has 7 nitrogen and oxygen atoms in total. The zero-order valence-electron chi connectivity index (χ0n) is 15.1. The lowest BCUT2D eigenvalue weighted by Gasteiger charge is -2.10. The van der Waals surface area contributed by atoms with Crippen molar-refractivity contribution in [3.05, 3.63) is 66.7 Å².